The summed E-state index contributed by atoms with van der Waals surface area (Å²) in [5.74, 6) is -1.59. The molecule has 0 rings (SSSR count). The highest BCUT2D eigenvalue weighted by Gasteiger charge is 2.22. The topological polar surface area (TPSA) is 129 Å². The van der Waals surface area contributed by atoms with Gasteiger partial charge >= 0.3 is 17.9 Å². The Hall–Kier alpha value is -2.20. The Bertz CT molecular complexity index is 416. The Morgan fingerprint density at radius 2 is 1.50 bits per heavy atom. The predicted octanol–water partition coefficient (Wildman–Crippen LogP) is -1.62. The largest absolute Gasteiger partial charge is 0.469 e. The molecule has 24 heavy (non-hydrogen) atoms. The molecule has 2 N–H and O–H groups in total. The number of rotatable bonds is 13. The molecule has 138 valence electrons. The molecule has 0 bridgehead atoms. The van der Waals surface area contributed by atoms with Gasteiger partial charge in [0.05, 0.1) is 40.2 Å². The van der Waals surface area contributed by atoms with E-state index in [0.717, 1.165) is 0 Å². The summed E-state index contributed by atoms with van der Waals surface area (Å²) < 4.78 is 18.3. The standard InChI is InChI=1S/C14H24N2O8/c1-21-12(18)6-10(8-24-9-17)15-4-5-16-11(14(20)23-3)7-13(19)22-2/h9-11,15-16H,4-8H2,1-3H3. The van der Waals surface area contributed by atoms with Crippen molar-refractivity contribution in [3.8, 4) is 0 Å². The van der Waals surface area contributed by atoms with Crippen LogP contribution in [-0.4, -0.2) is 77.5 Å². The van der Waals surface area contributed by atoms with Crippen LogP contribution in [0.2, 0.25) is 0 Å². The van der Waals surface area contributed by atoms with Crippen LogP contribution in [0.1, 0.15) is 12.8 Å². The molecule has 0 heterocycles. The summed E-state index contributed by atoms with van der Waals surface area (Å²) in [5.41, 5.74) is 0. The summed E-state index contributed by atoms with van der Waals surface area (Å²) in [6.45, 7) is 0.934. The fourth-order valence-electron chi connectivity index (χ4n) is 1.78. The van der Waals surface area contributed by atoms with Crippen molar-refractivity contribution in [3.63, 3.8) is 0 Å². The van der Waals surface area contributed by atoms with Gasteiger partial charge < -0.3 is 29.6 Å². The maximum Gasteiger partial charge on any atom is 0.323 e. The van der Waals surface area contributed by atoms with Crippen molar-refractivity contribution in [2.24, 2.45) is 0 Å². The molecule has 0 aromatic rings. The highest BCUT2D eigenvalue weighted by molar-refractivity contribution is 5.82. The molecule has 0 spiro atoms. The molecule has 0 aromatic carbocycles. The van der Waals surface area contributed by atoms with Crippen LogP contribution in [0.15, 0.2) is 0 Å². The van der Waals surface area contributed by atoms with Crippen molar-refractivity contribution < 1.29 is 38.1 Å². The van der Waals surface area contributed by atoms with Gasteiger partial charge in [0.2, 0.25) is 0 Å². The molecule has 2 unspecified atom stereocenters. The summed E-state index contributed by atoms with van der Waals surface area (Å²) in [5, 5.41) is 5.83. The Morgan fingerprint density at radius 3 is 2.04 bits per heavy atom. The van der Waals surface area contributed by atoms with Crippen LogP contribution in [0.25, 0.3) is 0 Å². The average molecular weight is 348 g/mol. The van der Waals surface area contributed by atoms with Gasteiger partial charge in [0, 0.05) is 13.1 Å². The van der Waals surface area contributed by atoms with E-state index in [-0.39, 0.29) is 25.9 Å². The zero-order valence-electron chi connectivity index (χ0n) is 14.0. The van der Waals surface area contributed by atoms with Gasteiger partial charge in [-0.1, -0.05) is 0 Å². The van der Waals surface area contributed by atoms with Crippen LogP contribution in [0.4, 0.5) is 0 Å². The lowest BCUT2D eigenvalue weighted by Gasteiger charge is -2.19. The fourth-order valence-corrected chi connectivity index (χ4v) is 1.78. The van der Waals surface area contributed by atoms with Crippen LogP contribution in [0.3, 0.4) is 0 Å². The number of carbonyl (C=O) groups excluding carboxylic acids is 4. The Kier molecular flexibility index (Phi) is 12.0. The number of methoxy groups -OCH3 is 3. The normalized spacial score (nSPS) is 12.6. The smallest absolute Gasteiger partial charge is 0.323 e. The first kappa shape index (κ1) is 21.8. The van der Waals surface area contributed by atoms with E-state index in [0.29, 0.717) is 13.1 Å². The summed E-state index contributed by atoms with van der Waals surface area (Å²) >= 11 is 0. The maximum atomic E-state index is 11.6. The van der Waals surface area contributed by atoms with Gasteiger partial charge in [-0.25, -0.2) is 0 Å². The van der Waals surface area contributed by atoms with E-state index < -0.39 is 30.0 Å². The highest BCUT2D eigenvalue weighted by atomic mass is 16.5. The van der Waals surface area contributed by atoms with Crippen molar-refractivity contribution in [2.75, 3.05) is 41.0 Å². The van der Waals surface area contributed by atoms with E-state index in [2.05, 4.69) is 29.6 Å². The molecule has 0 amide bonds. The number of hydrogen-bond acceptors (Lipinski definition) is 10. The minimum atomic E-state index is -0.838. The van der Waals surface area contributed by atoms with Gasteiger partial charge in [-0.2, -0.15) is 0 Å². The third-order valence-electron chi connectivity index (χ3n) is 3.04. The lowest BCUT2D eigenvalue weighted by Crippen LogP contribution is -2.45. The van der Waals surface area contributed by atoms with Crippen LogP contribution < -0.4 is 10.6 Å². The second-order valence-corrected chi connectivity index (χ2v) is 4.67. The molecule has 2 atom stereocenters. The van der Waals surface area contributed by atoms with Crippen LogP contribution in [-0.2, 0) is 38.1 Å². The SMILES string of the molecule is COC(=O)CC(COC=O)NCCNC(CC(=O)OC)C(=O)OC. The van der Waals surface area contributed by atoms with Gasteiger partial charge in [-0.3, -0.25) is 19.2 Å². The number of carbonyl (C=O) groups is 4. The third-order valence-corrected chi connectivity index (χ3v) is 3.04. The van der Waals surface area contributed by atoms with E-state index in [9.17, 15) is 19.2 Å². The van der Waals surface area contributed by atoms with Gasteiger partial charge in [-0.05, 0) is 0 Å². The number of nitrogens with one attached hydrogen (secondary N) is 2. The molecule has 0 aliphatic carbocycles. The second kappa shape index (κ2) is 13.3. The van der Waals surface area contributed by atoms with Gasteiger partial charge in [0.1, 0.15) is 12.6 Å². The first-order chi connectivity index (χ1) is 11.5. The van der Waals surface area contributed by atoms with Crippen molar-refractivity contribution in [1.82, 2.24) is 10.6 Å². The van der Waals surface area contributed by atoms with E-state index in [1.54, 1.807) is 0 Å². The van der Waals surface area contributed by atoms with Crippen molar-refractivity contribution >= 4 is 24.4 Å². The predicted molar refractivity (Wildman–Crippen MR) is 80.9 cm³/mol. The monoisotopic (exact) mass is 348 g/mol. The Labute approximate surface area is 140 Å². The van der Waals surface area contributed by atoms with Gasteiger partial charge in [0.25, 0.3) is 6.47 Å². The molecule has 0 radical (unpaired) electrons. The quantitative estimate of drug-likeness (QED) is 0.173. The molecular weight excluding hydrogens is 324 g/mol. The van der Waals surface area contributed by atoms with Crippen molar-refractivity contribution in [2.45, 2.75) is 24.9 Å². The molecule has 0 aliphatic rings. The van der Waals surface area contributed by atoms with Gasteiger partial charge in [0.15, 0.2) is 0 Å². The van der Waals surface area contributed by atoms with Crippen molar-refractivity contribution in [3.05, 3.63) is 0 Å². The third kappa shape index (κ3) is 9.74. The molecule has 0 saturated heterocycles. The Morgan fingerprint density at radius 1 is 0.917 bits per heavy atom. The summed E-state index contributed by atoms with van der Waals surface area (Å²) in [6, 6.07) is -1.27. The highest BCUT2D eigenvalue weighted by Crippen LogP contribution is 1.98. The molecule has 0 aliphatic heterocycles. The minimum absolute atomic E-state index is 0.00118. The van der Waals surface area contributed by atoms with E-state index in [1.165, 1.54) is 21.3 Å². The molecule has 10 heteroatoms. The van der Waals surface area contributed by atoms with E-state index in [4.69, 9.17) is 0 Å². The number of esters is 3. The zero-order chi connectivity index (χ0) is 18.4. The second-order valence-electron chi connectivity index (χ2n) is 4.67. The van der Waals surface area contributed by atoms with Crippen LogP contribution in [0.5, 0.6) is 0 Å². The van der Waals surface area contributed by atoms with Crippen LogP contribution >= 0.6 is 0 Å². The molecule has 0 aromatic heterocycles. The lowest BCUT2D eigenvalue weighted by atomic mass is 10.2. The molecular formula is C14H24N2O8. The summed E-state index contributed by atoms with van der Waals surface area (Å²) in [7, 11) is 3.70. The van der Waals surface area contributed by atoms with Crippen molar-refractivity contribution in [1.29, 1.82) is 0 Å². The lowest BCUT2D eigenvalue weighted by molar-refractivity contribution is -0.149. The Balaban J connectivity index is 4.33. The van der Waals surface area contributed by atoms with E-state index >= 15 is 0 Å². The van der Waals surface area contributed by atoms with E-state index in [1.807, 2.05) is 0 Å². The average Bonchev–Trinajstić information content (AvgIpc) is 2.60. The first-order valence-corrected chi connectivity index (χ1v) is 7.21. The first-order valence-electron chi connectivity index (χ1n) is 7.21. The number of ether oxygens (including phenoxy) is 4. The minimum Gasteiger partial charge on any atom is -0.469 e. The molecule has 0 fully saturated rings. The fraction of sp³-hybridized carbons (Fsp3) is 0.714. The summed E-state index contributed by atoms with van der Waals surface area (Å²) in [4.78, 5) is 44.4. The number of hydrogen-bond donors (Lipinski definition) is 2. The maximum absolute atomic E-state index is 11.6. The molecule has 10 nitrogen and oxygen atoms in total. The van der Waals surface area contributed by atoms with Crippen LogP contribution in [0, 0.1) is 0 Å². The summed E-state index contributed by atoms with van der Waals surface area (Å²) in [6.07, 6.45) is -0.143. The van der Waals surface area contributed by atoms with Gasteiger partial charge in [-0.15, -0.1) is 0 Å². The zero-order valence-corrected chi connectivity index (χ0v) is 14.0. The molecule has 0 saturated carbocycles.